The summed E-state index contributed by atoms with van der Waals surface area (Å²) in [6.07, 6.45) is -5.48. The summed E-state index contributed by atoms with van der Waals surface area (Å²) in [5, 5.41) is 11.5. The Bertz CT molecular complexity index is 1310. The molecule has 0 N–H and O–H groups in total. The zero-order valence-electron chi connectivity index (χ0n) is 20.7. The molecule has 206 valence electrons. The highest BCUT2D eigenvalue weighted by atomic mass is 32.2. The number of esters is 3. The van der Waals surface area contributed by atoms with Crippen molar-refractivity contribution < 1.29 is 50.9 Å². The van der Waals surface area contributed by atoms with Crippen molar-refractivity contribution in [2.75, 3.05) is 6.61 Å². The Morgan fingerprint density at radius 1 is 1.00 bits per heavy atom. The van der Waals surface area contributed by atoms with Crippen molar-refractivity contribution in [3.05, 3.63) is 52.3 Å². The number of nitrogens with zero attached hydrogens (tertiary/aromatic N) is 3. The van der Waals surface area contributed by atoms with E-state index in [9.17, 15) is 32.9 Å². The smallest absolute Gasteiger partial charge is 0.436 e. The van der Waals surface area contributed by atoms with Crippen molar-refractivity contribution in [2.24, 2.45) is 0 Å². The largest absolute Gasteiger partial charge is 0.456 e. The molecular weight excluding hydrogens is 530 g/mol. The lowest BCUT2D eigenvalue weighted by atomic mass is 9.97. The maximum atomic E-state index is 12.8. The summed E-state index contributed by atoms with van der Waals surface area (Å²) in [6.45, 7) is 4.11. The lowest BCUT2D eigenvalue weighted by Gasteiger charge is -2.43. The molecule has 2 heterocycles. The third kappa shape index (κ3) is 6.70. The molecule has 1 aliphatic rings. The van der Waals surface area contributed by atoms with Crippen molar-refractivity contribution in [3.63, 3.8) is 0 Å². The van der Waals surface area contributed by atoms with Crippen molar-refractivity contribution in [2.45, 2.75) is 63.2 Å². The monoisotopic (exact) mass is 555 g/mol. The van der Waals surface area contributed by atoms with Gasteiger partial charge in [-0.2, -0.15) is 13.0 Å². The van der Waals surface area contributed by atoms with Crippen LogP contribution in [0.2, 0.25) is 0 Å². The van der Waals surface area contributed by atoms with Crippen molar-refractivity contribution >= 4 is 34.0 Å². The standard InChI is InChI=1S/C22H25N3O12S/c1-12-5-7-16(8-6-12)38(31,32)33-11-17-18(34-13(2)26)19(35-14(3)27)20(36-15(4)28)21(37-17)24-10-9-23-22(24)25(29)30/h5-10,17-21H,11H2,1-4H3/t17?,18-,19?,20?,21+/m0/s1. The molecular formula is C22H25N3O12S. The predicted octanol–water partition coefficient (Wildman–Crippen LogP) is 1.20. The van der Waals surface area contributed by atoms with Gasteiger partial charge in [0.05, 0.1) is 11.5 Å². The third-order valence-electron chi connectivity index (χ3n) is 5.30. The molecule has 0 spiro atoms. The molecule has 38 heavy (non-hydrogen) atoms. The van der Waals surface area contributed by atoms with E-state index in [1.807, 2.05) is 0 Å². The molecule has 0 radical (unpaired) electrons. The molecule has 15 nitrogen and oxygen atoms in total. The highest BCUT2D eigenvalue weighted by molar-refractivity contribution is 7.86. The third-order valence-corrected chi connectivity index (χ3v) is 6.59. The van der Waals surface area contributed by atoms with Crippen molar-refractivity contribution in [1.82, 2.24) is 9.55 Å². The zero-order valence-corrected chi connectivity index (χ0v) is 21.5. The molecule has 5 atom stereocenters. The van der Waals surface area contributed by atoms with E-state index in [0.717, 1.165) is 43.3 Å². The first kappa shape index (κ1) is 28.7. The van der Waals surface area contributed by atoms with Crippen LogP contribution >= 0.6 is 0 Å². The predicted molar refractivity (Wildman–Crippen MR) is 124 cm³/mol. The van der Waals surface area contributed by atoms with Crippen LogP contribution in [0.25, 0.3) is 0 Å². The van der Waals surface area contributed by atoms with Gasteiger partial charge in [-0.3, -0.25) is 18.6 Å². The number of carbonyl (C=O) groups is 3. The van der Waals surface area contributed by atoms with E-state index >= 15 is 0 Å². The molecule has 1 fully saturated rings. The molecule has 2 aromatic rings. The second-order valence-corrected chi connectivity index (χ2v) is 9.85. The second kappa shape index (κ2) is 11.7. The first-order valence-corrected chi connectivity index (χ1v) is 12.5. The van der Waals surface area contributed by atoms with E-state index in [0.29, 0.717) is 0 Å². The average molecular weight is 556 g/mol. The van der Waals surface area contributed by atoms with Crippen LogP contribution in [0.4, 0.5) is 5.95 Å². The van der Waals surface area contributed by atoms with Crippen LogP contribution in [0.5, 0.6) is 0 Å². The quantitative estimate of drug-likeness (QED) is 0.141. The van der Waals surface area contributed by atoms with E-state index < -0.39 is 76.1 Å². The average Bonchev–Trinajstić information content (AvgIpc) is 3.30. The first-order valence-electron chi connectivity index (χ1n) is 11.1. The van der Waals surface area contributed by atoms with Gasteiger partial charge in [0.15, 0.2) is 12.2 Å². The van der Waals surface area contributed by atoms with Gasteiger partial charge < -0.3 is 29.1 Å². The molecule has 3 rings (SSSR count). The lowest BCUT2D eigenvalue weighted by molar-refractivity contribution is -0.400. The van der Waals surface area contributed by atoms with E-state index in [2.05, 4.69) is 4.98 Å². The Morgan fingerprint density at radius 2 is 1.55 bits per heavy atom. The maximum absolute atomic E-state index is 12.8. The highest BCUT2D eigenvalue weighted by Gasteiger charge is 2.55. The van der Waals surface area contributed by atoms with E-state index in [1.165, 1.54) is 12.1 Å². The minimum atomic E-state index is -4.34. The summed E-state index contributed by atoms with van der Waals surface area (Å²) >= 11 is 0. The topological polar surface area (TPSA) is 192 Å². The Labute approximate surface area is 216 Å². The molecule has 1 aromatic carbocycles. The molecule has 0 amide bonds. The number of hydrogen-bond acceptors (Lipinski definition) is 13. The first-order chi connectivity index (χ1) is 17.8. The van der Waals surface area contributed by atoms with Crippen LogP contribution in [0.3, 0.4) is 0 Å². The molecule has 0 bridgehead atoms. The van der Waals surface area contributed by atoms with Crippen LogP contribution in [0.15, 0.2) is 41.6 Å². The van der Waals surface area contributed by atoms with E-state index in [4.69, 9.17) is 23.1 Å². The van der Waals surface area contributed by atoms with Crippen LogP contribution in [-0.2, 0) is 47.6 Å². The second-order valence-electron chi connectivity index (χ2n) is 8.23. The Morgan fingerprint density at radius 3 is 2.11 bits per heavy atom. The number of aryl methyl sites for hydroxylation is 1. The van der Waals surface area contributed by atoms with Crippen LogP contribution in [0, 0.1) is 17.0 Å². The number of rotatable bonds is 9. The fourth-order valence-corrected chi connectivity index (χ4v) is 4.72. The zero-order chi connectivity index (χ0) is 28.2. The van der Waals surface area contributed by atoms with Crippen LogP contribution < -0.4 is 0 Å². The summed E-state index contributed by atoms with van der Waals surface area (Å²) in [5.74, 6) is -3.33. The van der Waals surface area contributed by atoms with Crippen molar-refractivity contribution in [3.8, 4) is 0 Å². The number of aromatic nitrogens is 2. The van der Waals surface area contributed by atoms with Crippen LogP contribution in [0.1, 0.15) is 32.6 Å². The minimum absolute atomic E-state index is 0.168. The van der Waals surface area contributed by atoms with Gasteiger partial charge in [-0.1, -0.05) is 22.7 Å². The summed E-state index contributed by atoms with van der Waals surface area (Å²) < 4.78 is 53.5. The van der Waals surface area contributed by atoms with Gasteiger partial charge in [0, 0.05) is 20.8 Å². The number of hydrogen-bond donors (Lipinski definition) is 0. The number of carbonyl (C=O) groups excluding carboxylic acids is 3. The minimum Gasteiger partial charge on any atom is -0.456 e. The normalized spacial score (nSPS) is 23.3. The van der Waals surface area contributed by atoms with Gasteiger partial charge >= 0.3 is 23.9 Å². The fraction of sp³-hybridized carbons (Fsp3) is 0.455. The molecule has 0 aliphatic carbocycles. The number of imidazole rings is 1. The maximum Gasteiger partial charge on any atom is 0.436 e. The molecule has 1 saturated heterocycles. The molecule has 1 aromatic heterocycles. The van der Waals surface area contributed by atoms with Gasteiger partial charge in [0.2, 0.25) is 12.3 Å². The SMILES string of the molecule is CC(=O)OC1C(OC(C)=O)[C@H](n2ccnc2[N+](=O)[O-])OC(COS(=O)(=O)c2ccc(C)cc2)[C@@H]1OC(C)=O. The summed E-state index contributed by atoms with van der Waals surface area (Å²) in [4.78, 5) is 50.0. The lowest BCUT2D eigenvalue weighted by Crippen LogP contribution is -2.60. The Balaban J connectivity index is 2.05. The summed E-state index contributed by atoms with van der Waals surface area (Å²) in [7, 11) is -4.34. The molecule has 1 aliphatic heterocycles. The Kier molecular flexibility index (Phi) is 8.80. The molecule has 0 saturated carbocycles. The number of nitro groups is 1. The van der Waals surface area contributed by atoms with E-state index in [1.54, 1.807) is 19.1 Å². The fourth-order valence-electron chi connectivity index (χ4n) is 3.80. The molecule has 16 heteroatoms. The van der Waals surface area contributed by atoms with Gasteiger partial charge in [-0.05, 0) is 24.0 Å². The summed E-state index contributed by atoms with van der Waals surface area (Å²) in [5.41, 5.74) is 0.806. The number of ether oxygens (including phenoxy) is 4. The van der Waals surface area contributed by atoms with E-state index in [-0.39, 0.29) is 4.90 Å². The van der Waals surface area contributed by atoms with Gasteiger partial charge in [0.1, 0.15) is 18.5 Å². The number of benzene rings is 1. The van der Waals surface area contributed by atoms with Crippen LogP contribution in [-0.4, -0.2) is 71.8 Å². The van der Waals surface area contributed by atoms with Gasteiger partial charge in [-0.25, -0.2) is 0 Å². The highest BCUT2D eigenvalue weighted by Crippen LogP contribution is 2.36. The Hall–Kier alpha value is -3.89. The van der Waals surface area contributed by atoms with Gasteiger partial charge in [0.25, 0.3) is 10.1 Å². The van der Waals surface area contributed by atoms with Crippen molar-refractivity contribution in [1.29, 1.82) is 0 Å². The molecule has 3 unspecified atom stereocenters. The summed E-state index contributed by atoms with van der Waals surface area (Å²) in [6, 6.07) is 5.77. The van der Waals surface area contributed by atoms with Gasteiger partial charge in [-0.15, -0.1) is 0 Å².